The van der Waals surface area contributed by atoms with Gasteiger partial charge >= 0.3 is 0 Å². The number of pyridine rings is 1. The summed E-state index contributed by atoms with van der Waals surface area (Å²) in [6, 6.07) is 4.42. The number of furan rings is 1. The SMILES string of the molecule is CC1CCC(CN)CN1c1nccc2occc12. The third-order valence-electron chi connectivity index (χ3n) is 3.94. The highest BCUT2D eigenvalue weighted by Gasteiger charge is 2.26. The zero-order chi connectivity index (χ0) is 12.5. The number of hydrogen-bond acceptors (Lipinski definition) is 4. The average Bonchev–Trinajstić information content (AvgIpc) is 2.87. The molecule has 3 rings (SSSR count). The molecule has 0 amide bonds. The monoisotopic (exact) mass is 245 g/mol. The van der Waals surface area contributed by atoms with Gasteiger partial charge in [-0.2, -0.15) is 0 Å². The van der Waals surface area contributed by atoms with Crippen molar-refractivity contribution < 1.29 is 4.42 Å². The summed E-state index contributed by atoms with van der Waals surface area (Å²) in [4.78, 5) is 6.92. The fraction of sp³-hybridized carbons (Fsp3) is 0.500. The number of nitrogens with two attached hydrogens (primary N) is 1. The number of piperidine rings is 1. The largest absolute Gasteiger partial charge is 0.464 e. The van der Waals surface area contributed by atoms with E-state index in [1.165, 1.54) is 12.8 Å². The Hall–Kier alpha value is -1.55. The van der Waals surface area contributed by atoms with Crippen molar-refractivity contribution in [3.63, 3.8) is 0 Å². The Balaban J connectivity index is 1.99. The maximum atomic E-state index is 5.82. The lowest BCUT2D eigenvalue weighted by Crippen LogP contribution is -2.44. The van der Waals surface area contributed by atoms with Gasteiger partial charge in [0.2, 0.25) is 0 Å². The van der Waals surface area contributed by atoms with Crippen LogP contribution in [0.2, 0.25) is 0 Å². The summed E-state index contributed by atoms with van der Waals surface area (Å²) in [5.74, 6) is 1.61. The first-order chi connectivity index (χ1) is 8.79. The second-order valence-corrected chi connectivity index (χ2v) is 5.15. The van der Waals surface area contributed by atoms with Crippen LogP contribution in [-0.2, 0) is 0 Å². The normalized spacial score (nSPS) is 24.7. The molecule has 2 aromatic heterocycles. The van der Waals surface area contributed by atoms with Gasteiger partial charge in [-0.1, -0.05) is 0 Å². The molecule has 0 radical (unpaired) electrons. The van der Waals surface area contributed by atoms with E-state index in [2.05, 4.69) is 16.8 Å². The van der Waals surface area contributed by atoms with Crippen LogP contribution >= 0.6 is 0 Å². The van der Waals surface area contributed by atoms with Gasteiger partial charge in [0.05, 0.1) is 11.6 Å². The van der Waals surface area contributed by atoms with Gasteiger partial charge < -0.3 is 15.1 Å². The van der Waals surface area contributed by atoms with Crippen LogP contribution in [0.4, 0.5) is 5.82 Å². The molecular formula is C14H19N3O. The minimum absolute atomic E-state index is 0.515. The molecule has 4 heteroatoms. The smallest absolute Gasteiger partial charge is 0.139 e. The highest BCUT2D eigenvalue weighted by Crippen LogP contribution is 2.31. The van der Waals surface area contributed by atoms with Crippen LogP contribution in [0, 0.1) is 5.92 Å². The third-order valence-corrected chi connectivity index (χ3v) is 3.94. The first kappa shape index (κ1) is 11.5. The Morgan fingerprint density at radius 2 is 2.33 bits per heavy atom. The van der Waals surface area contributed by atoms with E-state index in [9.17, 15) is 0 Å². The molecule has 2 unspecified atom stereocenters. The molecule has 18 heavy (non-hydrogen) atoms. The van der Waals surface area contributed by atoms with Crippen molar-refractivity contribution in [2.75, 3.05) is 18.0 Å². The van der Waals surface area contributed by atoms with E-state index in [4.69, 9.17) is 10.2 Å². The van der Waals surface area contributed by atoms with Gasteiger partial charge in [0.15, 0.2) is 0 Å². The molecule has 0 aromatic carbocycles. The van der Waals surface area contributed by atoms with Gasteiger partial charge in [0.1, 0.15) is 11.4 Å². The van der Waals surface area contributed by atoms with E-state index >= 15 is 0 Å². The Morgan fingerprint density at radius 1 is 1.44 bits per heavy atom. The van der Waals surface area contributed by atoms with Crippen molar-refractivity contribution in [3.8, 4) is 0 Å². The molecular weight excluding hydrogens is 226 g/mol. The van der Waals surface area contributed by atoms with E-state index < -0.39 is 0 Å². The number of rotatable bonds is 2. The molecule has 1 aliphatic rings. The zero-order valence-electron chi connectivity index (χ0n) is 10.7. The summed E-state index contributed by atoms with van der Waals surface area (Å²) >= 11 is 0. The summed E-state index contributed by atoms with van der Waals surface area (Å²) in [5.41, 5.74) is 6.72. The molecule has 96 valence electrons. The minimum atomic E-state index is 0.515. The lowest BCUT2D eigenvalue weighted by atomic mass is 9.93. The molecule has 2 N–H and O–H groups in total. The van der Waals surface area contributed by atoms with Gasteiger partial charge in [-0.05, 0) is 44.4 Å². The average molecular weight is 245 g/mol. The number of nitrogens with zero attached hydrogens (tertiary/aromatic N) is 2. The third kappa shape index (κ3) is 1.86. The fourth-order valence-electron chi connectivity index (χ4n) is 2.78. The number of hydrogen-bond donors (Lipinski definition) is 1. The van der Waals surface area contributed by atoms with Crippen molar-refractivity contribution >= 4 is 16.8 Å². The van der Waals surface area contributed by atoms with Crippen molar-refractivity contribution in [1.29, 1.82) is 0 Å². The second kappa shape index (κ2) is 4.61. The molecule has 0 saturated carbocycles. The van der Waals surface area contributed by atoms with Crippen LogP contribution in [0.25, 0.3) is 11.0 Å². The van der Waals surface area contributed by atoms with E-state index in [1.807, 2.05) is 18.3 Å². The molecule has 2 atom stereocenters. The Labute approximate surface area is 107 Å². The van der Waals surface area contributed by atoms with Gasteiger partial charge in [-0.3, -0.25) is 0 Å². The van der Waals surface area contributed by atoms with Gasteiger partial charge in [0.25, 0.3) is 0 Å². The summed E-state index contributed by atoms with van der Waals surface area (Å²) in [6.45, 7) is 4.01. The number of anilines is 1. The van der Waals surface area contributed by atoms with Crippen molar-refractivity contribution in [3.05, 3.63) is 24.6 Å². The number of aromatic nitrogens is 1. The van der Waals surface area contributed by atoms with Crippen LogP contribution < -0.4 is 10.6 Å². The summed E-state index contributed by atoms with van der Waals surface area (Å²) in [6.07, 6.45) is 5.94. The molecule has 4 nitrogen and oxygen atoms in total. The molecule has 1 saturated heterocycles. The predicted molar refractivity (Wildman–Crippen MR) is 72.6 cm³/mol. The Kier molecular flexibility index (Phi) is 2.96. The Morgan fingerprint density at radius 3 is 3.17 bits per heavy atom. The van der Waals surface area contributed by atoms with E-state index in [-0.39, 0.29) is 0 Å². The predicted octanol–water partition coefficient (Wildman–Crippen LogP) is 2.39. The summed E-state index contributed by atoms with van der Waals surface area (Å²) in [7, 11) is 0. The quantitative estimate of drug-likeness (QED) is 0.882. The Bertz CT molecular complexity index is 537. The highest BCUT2D eigenvalue weighted by molar-refractivity contribution is 5.88. The van der Waals surface area contributed by atoms with E-state index in [0.29, 0.717) is 12.0 Å². The van der Waals surface area contributed by atoms with Crippen molar-refractivity contribution in [1.82, 2.24) is 4.98 Å². The lowest BCUT2D eigenvalue weighted by molar-refractivity contribution is 0.372. The summed E-state index contributed by atoms with van der Waals surface area (Å²) in [5, 5.41) is 1.10. The fourth-order valence-corrected chi connectivity index (χ4v) is 2.78. The van der Waals surface area contributed by atoms with E-state index in [0.717, 1.165) is 29.9 Å². The van der Waals surface area contributed by atoms with Crippen LogP contribution in [0.1, 0.15) is 19.8 Å². The molecule has 0 bridgehead atoms. The zero-order valence-corrected chi connectivity index (χ0v) is 10.7. The van der Waals surface area contributed by atoms with Gasteiger partial charge in [-0.15, -0.1) is 0 Å². The highest BCUT2D eigenvalue weighted by atomic mass is 16.3. The van der Waals surface area contributed by atoms with E-state index in [1.54, 1.807) is 6.26 Å². The molecule has 1 fully saturated rings. The van der Waals surface area contributed by atoms with Crippen LogP contribution in [-0.4, -0.2) is 24.1 Å². The maximum absolute atomic E-state index is 5.82. The first-order valence-electron chi connectivity index (χ1n) is 6.58. The molecule has 2 aromatic rings. The maximum Gasteiger partial charge on any atom is 0.139 e. The van der Waals surface area contributed by atoms with Crippen LogP contribution in [0.15, 0.2) is 29.0 Å². The van der Waals surface area contributed by atoms with Gasteiger partial charge in [0, 0.05) is 18.8 Å². The van der Waals surface area contributed by atoms with Crippen LogP contribution in [0.5, 0.6) is 0 Å². The van der Waals surface area contributed by atoms with Gasteiger partial charge in [-0.25, -0.2) is 4.98 Å². The summed E-state index contributed by atoms with van der Waals surface area (Å²) < 4.78 is 5.45. The van der Waals surface area contributed by atoms with Crippen molar-refractivity contribution in [2.24, 2.45) is 11.7 Å². The van der Waals surface area contributed by atoms with Crippen LogP contribution in [0.3, 0.4) is 0 Å². The minimum Gasteiger partial charge on any atom is -0.464 e. The lowest BCUT2D eigenvalue weighted by Gasteiger charge is -2.38. The first-order valence-corrected chi connectivity index (χ1v) is 6.58. The second-order valence-electron chi connectivity index (χ2n) is 5.15. The molecule has 1 aliphatic heterocycles. The van der Waals surface area contributed by atoms with Crippen molar-refractivity contribution in [2.45, 2.75) is 25.8 Å². The topological polar surface area (TPSA) is 55.3 Å². The molecule has 3 heterocycles. The molecule has 0 spiro atoms. The molecule has 0 aliphatic carbocycles. The standard InChI is InChI=1S/C14H19N3O/c1-10-2-3-11(8-15)9-17(10)14-12-5-7-18-13(12)4-6-16-14/h4-7,10-11H,2-3,8-9,15H2,1H3. The number of fused-ring (bicyclic) bond motifs is 1.